The maximum absolute atomic E-state index is 13.5. The molecule has 1 aromatic heterocycles. The van der Waals surface area contributed by atoms with E-state index in [2.05, 4.69) is 21.0 Å². The number of hydrogen-bond donors (Lipinski definition) is 1. The van der Waals surface area contributed by atoms with Crippen molar-refractivity contribution in [3.05, 3.63) is 34.2 Å². The molecule has 0 bridgehead atoms. The third-order valence-electron chi connectivity index (χ3n) is 2.63. The first kappa shape index (κ1) is 13.5. The molecule has 0 saturated carbocycles. The molecule has 2 rings (SSSR count). The van der Waals surface area contributed by atoms with Crippen LogP contribution in [-0.4, -0.2) is 28.0 Å². The minimum absolute atomic E-state index is 0.0833. The van der Waals surface area contributed by atoms with Crippen molar-refractivity contribution in [1.82, 2.24) is 9.78 Å². The summed E-state index contributed by atoms with van der Waals surface area (Å²) in [7, 11) is 3.02. The molecule has 19 heavy (non-hydrogen) atoms. The van der Waals surface area contributed by atoms with Crippen LogP contribution in [0.5, 0.6) is 5.75 Å². The number of benzene rings is 1. The Morgan fingerprint density at radius 1 is 1.53 bits per heavy atom. The highest BCUT2D eigenvalue weighted by atomic mass is 79.9. The molecule has 0 atom stereocenters. The molecule has 5 nitrogen and oxygen atoms in total. The minimum atomic E-state index is -1.12. The van der Waals surface area contributed by atoms with Gasteiger partial charge in [0.1, 0.15) is 11.6 Å². The maximum atomic E-state index is 13.5. The highest BCUT2D eigenvalue weighted by Gasteiger charge is 2.19. The fourth-order valence-electron chi connectivity index (χ4n) is 1.76. The predicted octanol–water partition coefficient (Wildman–Crippen LogP) is 2.70. The van der Waals surface area contributed by atoms with Crippen molar-refractivity contribution in [2.75, 3.05) is 7.11 Å². The smallest absolute Gasteiger partial charge is 0.356 e. The van der Waals surface area contributed by atoms with Crippen molar-refractivity contribution in [2.24, 2.45) is 7.05 Å². The van der Waals surface area contributed by atoms with Gasteiger partial charge in [-0.3, -0.25) is 4.68 Å². The van der Waals surface area contributed by atoms with Crippen molar-refractivity contribution < 1.29 is 19.0 Å². The van der Waals surface area contributed by atoms with Crippen molar-refractivity contribution in [3.8, 4) is 17.0 Å². The summed E-state index contributed by atoms with van der Waals surface area (Å²) in [4.78, 5) is 10.9. The number of carboxylic acids is 1. The molecule has 100 valence electrons. The van der Waals surface area contributed by atoms with Crippen molar-refractivity contribution in [3.63, 3.8) is 0 Å². The molecule has 1 heterocycles. The number of halogens is 2. The number of ether oxygens (including phenoxy) is 1. The lowest BCUT2D eigenvalue weighted by Gasteiger charge is -2.11. The Balaban J connectivity index is 2.65. The topological polar surface area (TPSA) is 64.3 Å². The van der Waals surface area contributed by atoms with E-state index >= 15 is 0 Å². The zero-order chi connectivity index (χ0) is 14.2. The van der Waals surface area contributed by atoms with Gasteiger partial charge in [-0.15, -0.1) is 0 Å². The average molecular weight is 329 g/mol. The van der Waals surface area contributed by atoms with E-state index in [4.69, 9.17) is 9.84 Å². The first-order valence-corrected chi connectivity index (χ1v) is 6.04. The number of aryl methyl sites for hydroxylation is 1. The lowest BCUT2D eigenvalue weighted by Crippen LogP contribution is -2.00. The summed E-state index contributed by atoms with van der Waals surface area (Å²) < 4.78 is 20.2. The summed E-state index contributed by atoms with van der Waals surface area (Å²) in [5.74, 6) is -1.29. The van der Waals surface area contributed by atoms with Gasteiger partial charge >= 0.3 is 5.97 Å². The Morgan fingerprint density at radius 3 is 2.74 bits per heavy atom. The van der Waals surface area contributed by atoms with Gasteiger partial charge in [0.05, 0.1) is 17.3 Å². The zero-order valence-electron chi connectivity index (χ0n) is 10.1. The van der Waals surface area contributed by atoms with Gasteiger partial charge in [0.25, 0.3) is 0 Å². The number of rotatable bonds is 3. The van der Waals surface area contributed by atoms with Crippen LogP contribution >= 0.6 is 15.9 Å². The van der Waals surface area contributed by atoms with Crippen LogP contribution in [0.2, 0.25) is 0 Å². The molecule has 0 aliphatic rings. The predicted molar refractivity (Wildman–Crippen MR) is 69.8 cm³/mol. The summed E-state index contributed by atoms with van der Waals surface area (Å²) in [5.41, 5.74) is 0.994. The minimum Gasteiger partial charge on any atom is -0.495 e. The Labute approximate surface area is 116 Å². The number of carboxylic acid groups (broad SMARTS) is 1. The standard InChI is InChI=1S/C12H10BrFN2O3/c1-16-9(5-8(15-16)12(17)18)6-3-4-7(14)10(13)11(6)19-2/h3-5H,1-2H3,(H,17,18). The third kappa shape index (κ3) is 2.33. The first-order valence-electron chi connectivity index (χ1n) is 5.25. The van der Waals surface area contributed by atoms with E-state index in [0.29, 0.717) is 17.0 Å². The fourth-order valence-corrected chi connectivity index (χ4v) is 2.26. The number of nitrogens with zero attached hydrogens (tertiary/aromatic N) is 2. The van der Waals surface area contributed by atoms with Gasteiger partial charge in [0.2, 0.25) is 0 Å². The summed E-state index contributed by atoms with van der Waals surface area (Å²) >= 11 is 3.10. The zero-order valence-corrected chi connectivity index (χ0v) is 11.7. The van der Waals surface area contributed by atoms with E-state index in [-0.39, 0.29) is 10.2 Å². The quantitative estimate of drug-likeness (QED) is 0.940. The molecule has 0 fully saturated rings. The third-order valence-corrected chi connectivity index (χ3v) is 3.37. The fraction of sp³-hybridized carbons (Fsp3) is 0.167. The van der Waals surface area contributed by atoms with Crippen molar-refractivity contribution >= 4 is 21.9 Å². The second-order valence-corrected chi connectivity index (χ2v) is 4.58. The first-order chi connectivity index (χ1) is 8.95. The molecule has 0 amide bonds. The second-order valence-electron chi connectivity index (χ2n) is 3.79. The Morgan fingerprint density at radius 2 is 2.21 bits per heavy atom. The summed E-state index contributed by atoms with van der Waals surface area (Å²) in [6.07, 6.45) is 0. The van der Waals surface area contributed by atoms with Gasteiger partial charge in [-0.25, -0.2) is 9.18 Å². The van der Waals surface area contributed by atoms with Crippen LogP contribution < -0.4 is 4.74 Å². The number of aromatic carboxylic acids is 1. The van der Waals surface area contributed by atoms with E-state index in [1.54, 1.807) is 7.05 Å². The molecule has 1 aromatic carbocycles. The molecule has 0 spiro atoms. The lowest BCUT2D eigenvalue weighted by molar-refractivity contribution is 0.0689. The van der Waals surface area contributed by atoms with Crippen LogP contribution in [0.1, 0.15) is 10.5 Å². The summed E-state index contributed by atoms with van der Waals surface area (Å²) in [5, 5.41) is 12.8. The van der Waals surface area contributed by atoms with Gasteiger partial charge < -0.3 is 9.84 Å². The van der Waals surface area contributed by atoms with Crippen LogP contribution in [-0.2, 0) is 7.05 Å². The van der Waals surface area contributed by atoms with E-state index < -0.39 is 11.8 Å². The number of hydrogen-bond acceptors (Lipinski definition) is 3. The molecular formula is C12H10BrFN2O3. The Hall–Kier alpha value is -1.89. The SMILES string of the molecule is COc1c(-c2cc(C(=O)O)nn2C)ccc(F)c1Br. The maximum Gasteiger partial charge on any atom is 0.356 e. The van der Waals surface area contributed by atoms with Gasteiger partial charge in [-0.05, 0) is 34.1 Å². The van der Waals surface area contributed by atoms with E-state index in [1.165, 1.54) is 30.0 Å². The largest absolute Gasteiger partial charge is 0.495 e. The number of carbonyl (C=O) groups is 1. The molecule has 0 unspecified atom stereocenters. The number of aromatic nitrogens is 2. The molecule has 7 heteroatoms. The molecule has 0 aliphatic carbocycles. The van der Waals surface area contributed by atoms with E-state index in [9.17, 15) is 9.18 Å². The van der Waals surface area contributed by atoms with E-state index in [0.717, 1.165) is 0 Å². The van der Waals surface area contributed by atoms with Gasteiger partial charge in [-0.2, -0.15) is 5.10 Å². The van der Waals surface area contributed by atoms with Crippen LogP contribution in [0.4, 0.5) is 4.39 Å². The van der Waals surface area contributed by atoms with Crippen LogP contribution in [0.3, 0.4) is 0 Å². The highest BCUT2D eigenvalue weighted by molar-refractivity contribution is 9.10. The molecule has 0 aliphatic heterocycles. The van der Waals surface area contributed by atoms with Crippen molar-refractivity contribution in [1.29, 1.82) is 0 Å². The lowest BCUT2D eigenvalue weighted by atomic mass is 10.1. The van der Waals surface area contributed by atoms with Gasteiger partial charge in [-0.1, -0.05) is 0 Å². The van der Waals surface area contributed by atoms with Crippen LogP contribution in [0.15, 0.2) is 22.7 Å². The monoisotopic (exact) mass is 328 g/mol. The molecule has 0 radical (unpaired) electrons. The van der Waals surface area contributed by atoms with Gasteiger partial charge in [0, 0.05) is 12.6 Å². The average Bonchev–Trinajstić information content (AvgIpc) is 2.75. The Kier molecular flexibility index (Phi) is 3.57. The van der Waals surface area contributed by atoms with Gasteiger partial charge in [0.15, 0.2) is 5.69 Å². The van der Waals surface area contributed by atoms with Crippen molar-refractivity contribution in [2.45, 2.75) is 0 Å². The molecule has 1 N–H and O–H groups in total. The molecular weight excluding hydrogens is 319 g/mol. The summed E-state index contributed by atoms with van der Waals surface area (Å²) in [6.45, 7) is 0. The molecule has 0 saturated heterocycles. The molecule has 2 aromatic rings. The highest BCUT2D eigenvalue weighted by Crippen LogP contribution is 2.37. The number of methoxy groups -OCH3 is 1. The normalized spacial score (nSPS) is 10.5. The Bertz CT molecular complexity index is 655. The summed E-state index contributed by atoms with van der Waals surface area (Å²) in [6, 6.07) is 4.20. The second kappa shape index (κ2) is 5.00. The van der Waals surface area contributed by atoms with E-state index in [1.807, 2.05) is 0 Å². The van der Waals surface area contributed by atoms with Crippen LogP contribution in [0, 0.1) is 5.82 Å². The van der Waals surface area contributed by atoms with Crippen LogP contribution in [0.25, 0.3) is 11.3 Å².